The molecule has 0 bridgehead atoms. The lowest BCUT2D eigenvalue weighted by Crippen LogP contribution is -2.22. The molecule has 0 saturated heterocycles. The number of carbonyl (C=O) groups is 1. The first kappa shape index (κ1) is 8.01. The lowest BCUT2D eigenvalue weighted by molar-refractivity contribution is 0.172. The Morgan fingerprint density at radius 2 is 2.44 bits per heavy atom. The smallest absolute Gasteiger partial charge is 0.407 e. The fourth-order valence-corrected chi connectivity index (χ4v) is 0.332. The summed E-state index contributed by atoms with van der Waals surface area (Å²) in [5, 5.41) is 2.49. The number of carbonyl (C=O) groups excluding carboxylic acids is 1. The molecule has 0 aromatic heterocycles. The lowest BCUT2D eigenvalue weighted by atomic mass is 10.5. The molecule has 1 amide bonds. The Morgan fingerprint density at radius 3 is 2.89 bits per heavy atom. The van der Waals surface area contributed by atoms with Gasteiger partial charge in [-0.15, -0.1) is 0 Å². The molecule has 0 rings (SSSR count). The van der Waals surface area contributed by atoms with Crippen LogP contribution in [0.15, 0.2) is 12.2 Å². The van der Waals surface area contributed by atoms with Gasteiger partial charge in [0.25, 0.3) is 0 Å². The number of nitrogens with one attached hydrogen (secondary N) is 1. The molecule has 1 N–H and O–H groups in total. The number of hydrogen-bond acceptors (Lipinski definition) is 2. The van der Waals surface area contributed by atoms with E-state index in [1.807, 2.05) is 19.1 Å². The third-order valence-electron chi connectivity index (χ3n) is 0.785. The first-order valence-electron chi connectivity index (χ1n) is 2.74. The summed E-state index contributed by atoms with van der Waals surface area (Å²) < 4.78 is 4.31. The van der Waals surface area contributed by atoms with E-state index >= 15 is 0 Å². The molecule has 0 aliphatic carbocycles. The third kappa shape index (κ3) is 4.87. The highest BCUT2D eigenvalue weighted by atomic mass is 16.5. The zero-order chi connectivity index (χ0) is 7.11. The standard InChI is InChI=1S/C6H11NO2/c1-3-4-5-7-6(8)9-2/h3-4H,5H2,1-2H3,(H,7,8)/b4-3+. The maximum Gasteiger partial charge on any atom is 0.407 e. The summed E-state index contributed by atoms with van der Waals surface area (Å²) in [5.41, 5.74) is 0. The molecule has 9 heavy (non-hydrogen) atoms. The number of amides is 1. The van der Waals surface area contributed by atoms with Crippen molar-refractivity contribution in [2.45, 2.75) is 6.92 Å². The van der Waals surface area contributed by atoms with Crippen molar-refractivity contribution in [2.75, 3.05) is 13.7 Å². The monoisotopic (exact) mass is 129 g/mol. The molecular weight excluding hydrogens is 118 g/mol. The van der Waals surface area contributed by atoms with Gasteiger partial charge in [0, 0.05) is 6.54 Å². The number of ether oxygens (including phenoxy) is 1. The van der Waals surface area contributed by atoms with Crippen LogP contribution in [-0.4, -0.2) is 19.7 Å². The number of rotatable bonds is 2. The van der Waals surface area contributed by atoms with Crippen LogP contribution in [0.5, 0.6) is 0 Å². The SMILES string of the molecule is C/C=C/CNC(=O)OC. The van der Waals surface area contributed by atoms with Gasteiger partial charge in [0.2, 0.25) is 0 Å². The summed E-state index contributed by atoms with van der Waals surface area (Å²) in [6, 6.07) is 0. The predicted octanol–water partition coefficient (Wildman–Crippen LogP) is 0.919. The molecule has 0 aromatic carbocycles. The van der Waals surface area contributed by atoms with E-state index < -0.39 is 6.09 Å². The lowest BCUT2D eigenvalue weighted by Gasteiger charge is -1.96. The molecule has 0 heterocycles. The van der Waals surface area contributed by atoms with Crippen molar-refractivity contribution in [3.63, 3.8) is 0 Å². The van der Waals surface area contributed by atoms with Crippen LogP contribution in [0.2, 0.25) is 0 Å². The fraction of sp³-hybridized carbons (Fsp3) is 0.500. The maximum absolute atomic E-state index is 10.3. The molecule has 0 spiro atoms. The van der Waals surface area contributed by atoms with Gasteiger partial charge < -0.3 is 10.1 Å². The Labute approximate surface area is 54.7 Å². The molecule has 0 aliphatic rings. The van der Waals surface area contributed by atoms with Crippen LogP contribution >= 0.6 is 0 Å². The van der Waals surface area contributed by atoms with Crippen LogP contribution in [0.1, 0.15) is 6.92 Å². The van der Waals surface area contributed by atoms with E-state index in [0.29, 0.717) is 6.54 Å². The van der Waals surface area contributed by atoms with Gasteiger partial charge >= 0.3 is 6.09 Å². The second kappa shape index (κ2) is 5.15. The highest BCUT2D eigenvalue weighted by Gasteiger charge is 1.90. The third-order valence-corrected chi connectivity index (χ3v) is 0.785. The van der Waals surface area contributed by atoms with E-state index in [-0.39, 0.29) is 0 Å². The maximum atomic E-state index is 10.3. The van der Waals surface area contributed by atoms with E-state index in [2.05, 4.69) is 10.1 Å². The molecule has 3 heteroatoms. The number of alkyl carbamates (subject to hydrolysis) is 1. The molecule has 0 radical (unpaired) electrons. The molecule has 0 unspecified atom stereocenters. The zero-order valence-electron chi connectivity index (χ0n) is 5.68. The first-order chi connectivity index (χ1) is 4.31. The topological polar surface area (TPSA) is 38.3 Å². The molecule has 3 nitrogen and oxygen atoms in total. The van der Waals surface area contributed by atoms with Gasteiger partial charge in [0.15, 0.2) is 0 Å². The van der Waals surface area contributed by atoms with Crippen molar-refractivity contribution in [3.8, 4) is 0 Å². The minimum Gasteiger partial charge on any atom is -0.453 e. The molecule has 0 fully saturated rings. The Bertz CT molecular complexity index is 110. The summed E-state index contributed by atoms with van der Waals surface area (Å²) in [6.07, 6.45) is 3.29. The fourth-order valence-electron chi connectivity index (χ4n) is 0.332. The summed E-state index contributed by atoms with van der Waals surface area (Å²) >= 11 is 0. The predicted molar refractivity (Wildman–Crippen MR) is 35.2 cm³/mol. The quantitative estimate of drug-likeness (QED) is 0.563. The second-order valence-corrected chi connectivity index (χ2v) is 1.44. The highest BCUT2D eigenvalue weighted by Crippen LogP contribution is 1.71. The second-order valence-electron chi connectivity index (χ2n) is 1.44. The summed E-state index contributed by atoms with van der Waals surface area (Å²) in [7, 11) is 1.34. The van der Waals surface area contributed by atoms with Gasteiger partial charge in [0.1, 0.15) is 0 Å². The summed E-state index contributed by atoms with van der Waals surface area (Å²) in [6.45, 7) is 2.42. The van der Waals surface area contributed by atoms with E-state index in [1.54, 1.807) is 0 Å². The van der Waals surface area contributed by atoms with Gasteiger partial charge in [-0.25, -0.2) is 4.79 Å². The van der Waals surface area contributed by atoms with Gasteiger partial charge in [0.05, 0.1) is 7.11 Å². The van der Waals surface area contributed by atoms with Crippen molar-refractivity contribution in [3.05, 3.63) is 12.2 Å². The minimum atomic E-state index is -0.395. The summed E-state index contributed by atoms with van der Waals surface area (Å²) in [4.78, 5) is 10.3. The Balaban J connectivity index is 3.17. The van der Waals surface area contributed by atoms with Gasteiger partial charge in [-0.1, -0.05) is 12.2 Å². The number of hydrogen-bond donors (Lipinski definition) is 1. The van der Waals surface area contributed by atoms with E-state index in [1.165, 1.54) is 7.11 Å². The Hall–Kier alpha value is -0.990. The molecule has 0 atom stereocenters. The van der Waals surface area contributed by atoms with Gasteiger partial charge in [-0.3, -0.25) is 0 Å². The van der Waals surface area contributed by atoms with Crippen LogP contribution in [0.3, 0.4) is 0 Å². The molecule has 0 saturated carbocycles. The van der Waals surface area contributed by atoms with Crippen molar-refractivity contribution in [1.82, 2.24) is 5.32 Å². The van der Waals surface area contributed by atoms with Crippen LogP contribution in [-0.2, 0) is 4.74 Å². The number of allylic oxidation sites excluding steroid dienone is 1. The van der Waals surface area contributed by atoms with Gasteiger partial charge in [-0.05, 0) is 6.92 Å². The minimum absolute atomic E-state index is 0.395. The van der Waals surface area contributed by atoms with Gasteiger partial charge in [-0.2, -0.15) is 0 Å². The van der Waals surface area contributed by atoms with Crippen LogP contribution in [0, 0.1) is 0 Å². The largest absolute Gasteiger partial charge is 0.453 e. The van der Waals surface area contributed by atoms with Crippen molar-refractivity contribution >= 4 is 6.09 Å². The van der Waals surface area contributed by atoms with Crippen LogP contribution in [0.25, 0.3) is 0 Å². The van der Waals surface area contributed by atoms with E-state index in [4.69, 9.17) is 0 Å². The molecular formula is C6H11NO2. The molecule has 0 aromatic rings. The number of methoxy groups -OCH3 is 1. The Morgan fingerprint density at radius 1 is 1.78 bits per heavy atom. The average Bonchev–Trinajstić information content (AvgIpc) is 1.89. The summed E-state index contributed by atoms with van der Waals surface area (Å²) in [5.74, 6) is 0. The van der Waals surface area contributed by atoms with Crippen molar-refractivity contribution in [2.24, 2.45) is 0 Å². The van der Waals surface area contributed by atoms with E-state index in [0.717, 1.165) is 0 Å². The molecule has 0 aliphatic heterocycles. The van der Waals surface area contributed by atoms with Crippen LogP contribution in [0.4, 0.5) is 4.79 Å². The average molecular weight is 129 g/mol. The van der Waals surface area contributed by atoms with Crippen molar-refractivity contribution in [1.29, 1.82) is 0 Å². The molecule has 52 valence electrons. The van der Waals surface area contributed by atoms with E-state index in [9.17, 15) is 4.79 Å². The Kier molecular flexibility index (Phi) is 4.59. The normalized spacial score (nSPS) is 9.56. The first-order valence-corrected chi connectivity index (χ1v) is 2.74. The zero-order valence-corrected chi connectivity index (χ0v) is 5.68. The van der Waals surface area contributed by atoms with Crippen LogP contribution < -0.4 is 5.32 Å². The highest BCUT2D eigenvalue weighted by molar-refractivity contribution is 5.66. The van der Waals surface area contributed by atoms with Crippen molar-refractivity contribution < 1.29 is 9.53 Å².